The predicted molar refractivity (Wildman–Crippen MR) is 380 cm³/mol. The Morgan fingerprint density at radius 2 is 0.337 bits per heavy atom. The standard InChI is InChI=1S/2C40H78O7.Ti/c2*1-5-9-13-17-21-25-29-39(37(41)42,46-33-27-23-19-15-11-7-3)31-35-45-36-32-40(38(43)44,30-26-22-18-14-10-6-2)47-34-28-24-20-16-12-8-4;/h2*5-36H2,1-4H3,(H,41,42)(H,43,44);/q;;+4/p-4. The molecule has 0 aromatic heterocycles. The number of hydrogen-bond acceptors (Lipinski definition) is 14. The van der Waals surface area contributed by atoms with E-state index in [-0.39, 0.29) is 73.8 Å². The van der Waals surface area contributed by atoms with Crippen molar-refractivity contribution in [3.63, 3.8) is 0 Å². The van der Waals surface area contributed by atoms with Crippen LogP contribution in [0.1, 0.15) is 415 Å². The van der Waals surface area contributed by atoms with Gasteiger partial charge in [-0.1, -0.05) is 338 Å². The number of carbonyl (C=O) groups is 4. The molecular formula is C80H152O14Ti. The van der Waals surface area contributed by atoms with Gasteiger partial charge in [0.25, 0.3) is 0 Å². The fraction of sp³-hybridized carbons (Fsp3) is 0.950. The smallest absolute Gasteiger partial charge is 0.547 e. The zero-order chi connectivity index (χ0) is 69.8. The Hall–Kier alpha value is -1.65. The first-order valence-corrected chi connectivity index (χ1v) is 40.2. The molecule has 0 N–H and O–H groups in total. The summed E-state index contributed by atoms with van der Waals surface area (Å²) < 4.78 is 36.5. The number of rotatable bonds is 76. The van der Waals surface area contributed by atoms with Crippen LogP contribution < -0.4 is 20.4 Å². The van der Waals surface area contributed by atoms with Crippen LogP contribution in [-0.2, 0) is 69.3 Å². The van der Waals surface area contributed by atoms with Crippen LogP contribution in [0.15, 0.2) is 0 Å². The number of hydrogen-bond donors (Lipinski definition) is 0. The van der Waals surface area contributed by atoms with Gasteiger partial charge in [0.15, 0.2) is 0 Å². The summed E-state index contributed by atoms with van der Waals surface area (Å²) in [6.45, 7) is 19.8. The fourth-order valence-electron chi connectivity index (χ4n) is 12.6. The molecule has 0 aliphatic heterocycles. The minimum absolute atomic E-state index is 0. The molecule has 95 heavy (non-hydrogen) atoms. The minimum Gasteiger partial charge on any atom is -0.547 e. The second-order valence-electron chi connectivity index (χ2n) is 27.9. The first-order chi connectivity index (χ1) is 45.7. The second kappa shape index (κ2) is 70.8. The molecule has 4 atom stereocenters. The molecule has 0 heterocycles. The van der Waals surface area contributed by atoms with Gasteiger partial charge >= 0.3 is 21.7 Å². The van der Waals surface area contributed by atoms with Gasteiger partial charge in [0, 0.05) is 78.5 Å². The van der Waals surface area contributed by atoms with Gasteiger partial charge < -0.3 is 68.0 Å². The van der Waals surface area contributed by atoms with Gasteiger partial charge in [0.05, 0.1) is 23.9 Å². The summed E-state index contributed by atoms with van der Waals surface area (Å²) in [6, 6.07) is 0. The van der Waals surface area contributed by atoms with Crippen molar-refractivity contribution in [3.8, 4) is 0 Å². The molecule has 0 radical (unpaired) electrons. The third kappa shape index (κ3) is 53.8. The van der Waals surface area contributed by atoms with Crippen LogP contribution in [0.2, 0.25) is 0 Å². The van der Waals surface area contributed by atoms with Crippen molar-refractivity contribution in [1.29, 1.82) is 0 Å². The van der Waals surface area contributed by atoms with E-state index in [1.54, 1.807) is 0 Å². The first kappa shape index (κ1) is 97.5. The molecule has 0 aromatic carbocycles. The Bertz CT molecular complexity index is 1440. The third-order valence-corrected chi connectivity index (χ3v) is 19.3. The summed E-state index contributed by atoms with van der Waals surface area (Å²) in [5, 5.41) is 50.2. The van der Waals surface area contributed by atoms with E-state index in [4.69, 9.17) is 28.4 Å². The van der Waals surface area contributed by atoms with Crippen LogP contribution >= 0.6 is 0 Å². The maximum absolute atomic E-state index is 12.5. The zero-order valence-corrected chi connectivity index (χ0v) is 65.0. The van der Waals surface area contributed by atoms with E-state index >= 15 is 0 Å². The zero-order valence-electron chi connectivity index (χ0n) is 63.5. The molecule has 560 valence electrons. The van der Waals surface area contributed by atoms with E-state index in [1.165, 1.54) is 128 Å². The number of carboxylic acids is 4. The average molecular weight is 1390 g/mol. The van der Waals surface area contributed by atoms with Gasteiger partial charge in [0.1, 0.15) is 22.4 Å². The van der Waals surface area contributed by atoms with Crippen molar-refractivity contribution >= 4 is 23.9 Å². The first-order valence-electron chi connectivity index (χ1n) is 40.2. The van der Waals surface area contributed by atoms with E-state index in [0.717, 1.165) is 180 Å². The number of carboxylic acid groups (broad SMARTS) is 4. The Labute approximate surface area is 600 Å². The van der Waals surface area contributed by atoms with Gasteiger partial charge in [-0.2, -0.15) is 0 Å². The number of unbranched alkanes of at least 4 members (excludes halogenated alkanes) is 40. The molecule has 0 fully saturated rings. The molecular weight excluding hydrogens is 1230 g/mol. The minimum atomic E-state index is -1.38. The Morgan fingerprint density at radius 3 is 0.484 bits per heavy atom. The molecule has 4 unspecified atom stereocenters. The van der Waals surface area contributed by atoms with Gasteiger partial charge in [-0.3, -0.25) is 0 Å². The van der Waals surface area contributed by atoms with Crippen molar-refractivity contribution in [1.82, 2.24) is 0 Å². The van der Waals surface area contributed by atoms with Crippen molar-refractivity contribution < 1.29 is 89.7 Å². The summed E-state index contributed by atoms with van der Waals surface area (Å²) >= 11 is 0. The number of ether oxygens (including phenoxy) is 6. The Kier molecular flexibility index (Phi) is 72.7. The van der Waals surface area contributed by atoms with Crippen molar-refractivity contribution in [2.75, 3.05) is 52.9 Å². The quantitative estimate of drug-likeness (QED) is 0.0409. The maximum Gasteiger partial charge on any atom is 4.00 e. The Morgan fingerprint density at radius 1 is 0.200 bits per heavy atom. The topological polar surface area (TPSA) is 216 Å². The molecule has 0 amide bonds. The molecule has 15 heteroatoms. The van der Waals surface area contributed by atoms with Crippen LogP contribution in [0, 0.1) is 0 Å². The predicted octanol–water partition coefficient (Wildman–Crippen LogP) is 18.0. The van der Waals surface area contributed by atoms with Gasteiger partial charge in [-0.25, -0.2) is 0 Å². The maximum atomic E-state index is 12.5. The largest absolute Gasteiger partial charge is 4.00 e. The Balaban J connectivity index is -0.00000176. The van der Waals surface area contributed by atoms with Crippen LogP contribution in [0.25, 0.3) is 0 Å². The average Bonchev–Trinajstić information content (AvgIpc) is 0.902. The van der Waals surface area contributed by atoms with Crippen molar-refractivity contribution in [2.45, 2.75) is 437 Å². The monoisotopic (exact) mass is 1390 g/mol. The van der Waals surface area contributed by atoms with Gasteiger partial charge in [-0.05, 0) is 51.4 Å². The summed E-state index contributed by atoms with van der Waals surface area (Å²) in [6.07, 6.45) is 54.3. The molecule has 0 aliphatic rings. The second-order valence-corrected chi connectivity index (χ2v) is 27.9. The normalized spacial score (nSPS) is 14.1. The summed E-state index contributed by atoms with van der Waals surface area (Å²) in [7, 11) is 0. The SMILES string of the molecule is CCCCCCCCOC(CCCCCCCC)(CCOCCC(CCCCCCCC)(OCCCCCCCC)C(=O)[O-])C(=O)[O-].CCCCCCCCOC(CCCCCCCC)(CCOCCC(CCCCCCCC)(OCCCCCCCC)C(=O)[O-])C(=O)[O-].[Ti+4]. The summed E-state index contributed by atoms with van der Waals surface area (Å²) in [5.74, 6) is -4.68. The van der Waals surface area contributed by atoms with Crippen molar-refractivity contribution in [2.24, 2.45) is 0 Å². The molecule has 0 aromatic rings. The molecule has 0 spiro atoms. The molecule has 14 nitrogen and oxygen atoms in total. The summed E-state index contributed by atoms with van der Waals surface area (Å²) in [5.41, 5.74) is -5.53. The van der Waals surface area contributed by atoms with Crippen molar-refractivity contribution in [3.05, 3.63) is 0 Å². The number of carbonyl (C=O) groups excluding carboxylic acids is 4. The van der Waals surface area contributed by atoms with Crippen LogP contribution in [-0.4, -0.2) is 99.1 Å². The van der Waals surface area contributed by atoms with E-state index in [0.29, 0.717) is 52.1 Å². The van der Waals surface area contributed by atoms with Crippen LogP contribution in [0.4, 0.5) is 0 Å². The fourth-order valence-corrected chi connectivity index (χ4v) is 12.6. The molecule has 0 bridgehead atoms. The molecule has 0 aliphatic carbocycles. The molecule has 0 saturated heterocycles. The van der Waals surface area contributed by atoms with E-state index in [9.17, 15) is 39.6 Å². The van der Waals surface area contributed by atoms with Gasteiger partial charge in [-0.15, -0.1) is 0 Å². The van der Waals surface area contributed by atoms with E-state index in [2.05, 4.69) is 55.4 Å². The van der Waals surface area contributed by atoms with E-state index in [1.807, 2.05) is 0 Å². The molecule has 0 saturated carbocycles. The van der Waals surface area contributed by atoms with Crippen LogP contribution in [0.3, 0.4) is 0 Å². The molecule has 0 rings (SSSR count). The van der Waals surface area contributed by atoms with Crippen LogP contribution in [0.5, 0.6) is 0 Å². The van der Waals surface area contributed by atoms with E-state index < -0.39 is 46.3 Å². The van der Waals surface area contributed by atoms with Gasteiger partial charge in [0.2, 0.25) is 0 Å². The number of aliphatic carboxylic acids is 4. The third-order valence-electron chi connectivity index (χ3n) is 19.3. The summed E-state index contributed by atoms with van der Waals surface area (Å²) in [4.78, 5) is 50.2.